The number of amides is 2. The highest BCUT2D eigenvalue weighted by Crippen LogP contribution is 2.39. The van der Waals surface area contributed by atoms with Gasteiger partial charge in [0.15, 0.2) is 0 Å². The molecular formula is C35H42N4O5S. The topological polar surface area (TPSA) is 146 Å². The number of aromatic amines is 1. The molecule has 0 radical (unpaired) electrons. The minimum atomic E-state index is -0.636. The van der Waals surface area contributed by atoms with Crippen LogP contribution < -0.4 is 15.9 Å². The molecule has 3 aromatic carbocycles. The Morgan fingerprint density at radius 1 is 1.07 bits per heavy atom. The lowest BCUT2D eigenvalue weighted by atomic mass is 10.1. The van der Waals surface area contributed by atoms with Crippen LogP contribution in [0.3, 0.4) is 0 Å². The highest BCUT2D eigenvalue weighted by Gasteiger charge is 2.40. The van der Waals surface area contributed by atoms with Crippen LogP contribution >= 0.6 is 11.3 Å². The van der Waals surface area contributed by atoms with E-state index in [0.29, 0.717) is 18.9 Å². The number of aromatic nitrogens is 1. The van der Waals surface area contributed by atoms with E-state index in [0.717, 1.165) is 45.9 Å². The minimum Gasteiger partial charge on any atom is -0.481 e. The van der Waals surface area contributed by atoms with Gasteiger partial charge in [0.1, 0.15) is 6.04 Å². The van der Waals surface area contributed by atoms with Crippen LogP contribution in [-0.4, -0.2) is 51.9 Å². The number of thiazole rings is 1. The first-order chi connectivity index (χ1) is 21.8. The average molecular weight is 631 g/mol. The number of hydrogen-bond donors (Lipinski definition) is 4. The Morgan fingerprint density at radius 3 is 2.53 bits per heavy atom. The van der Waals surface area contributed by atoms with Crippen LogP contribution in [-0.2, 0) is 14.4 Å². The molecule has 4 aromatic rings. The van der Waals surface area contributed by atoms with Crippen molar-refractivity contribution in [1.29, 1.82) is 0 Å². The van der Waals surface area contributed by atoms with Crippen molar-refractivity contribution in [2.24, 2.45) is 17.6 Å². The van der Waals surface area contributed by atoms with Crippen molar-refractivity contribution in [1.82, 2.24) is 9.88 Å². The Labute approximate surface area is 267 Å². The Kier molecular flexibility index (Phi) is 12.3. The fraction of sp³-hybridized carbons (Fsp3) is 0.371. The predicted octanol–water partition coefficient (Wildman–Crippen LogP) is 6.16. The molecule has 1 saturated carbocycles. The molecule has 0 spiro atoms. The average Bonchev–Trinajstić information content (AvgIpc) is 3.45. The quantitative estimate of drug-likeness (QED) is 0.122. The predicted molar refractivity (Wildman–Crippen MR) is 181 cm³/mol. The Hall–Kier alpha value is -4.44. The van der Waals surface area contributed by atoms with E-state index in [4.69, 9.17) is 10.8 Å². The maximum atomic E-state index is 12.3. The summed E-state index contributed by atoms with van der Waals surface area (Å²) in [5.74, 6) is -0.893. The normalized spacial score (nSPS) is 18.6. The van der Waals surface area contributed by atoms with Gasteiger partial charge in [0.2, 0.25) is 11.8 Å². The summed E-state index contributed by atoms with van der Waals surface area (Å²) in [6, 6.07) is 21.2. The van der Waals surface area contributed by atoms with Gasteiger partial charge in [0.25, 0.3) is 0 Å². The number of nitrogens with zero attached hydrogens (tertiary/aromatic N) is 1. The molecule has 2 aliphatic rings. The maximum Gasteiger partial charge on any atom is 0.307 e. The summed E-state index contributed by atoms with van der Waals surface area (Å²) >= 11 is 1.24. The number of carboxylic acid groups (broad SMARTS) is 1. The van der Waals surface area contributed by atoms with E-state index < -0.39 is 17.9 Å². The number of fused-ring (bicyclic) bond motifs is 2. The van der Waals surface area contributed by atoms with E-state index in [-0.39, 0.29) is 23.2 Å². The SMILES string of the molecule is CCCCC/C=C\C1CC1C(=O)O.NC(=O)C1CCCN1C(=O)CNc1ccc2ccccc2c1.O=c1[nH]c2ccccc2s1. The number of benzene rings is 3. The number of anilines is 1. The number of primary amides is 1. The van der Waals surface area contributed by atoms with Crippen LogP contribution in [0.1, 0.15) is 51.9 Å². The molecule has 3 atom stereocenters. The van der Waals surface area contributed by atoms with Crippen LogP contribution in [0.15, 0.2) is 83.7 Å². The molecule has 2 fully saturated rings. The van der Waals surface area contributed by atoms with Gasteiger partial charge in [0, 0.05) is 12.2 Å². The monoisotopic (exact) mass is 630 g/mol. The largest absolute Gasteiger partial charge is 0.481 e. The second-order valence-electron chi connectivity index (χ2n) is 11.3. The lowest BCUT2D eigenvalue weighted by Gasteiger charge is -2.22. The number of carboxylic acids is 1. The van der Waals surface area contributed by atoms with Crippen molar-refractivity contribution in [2.75, 3.05) is 18.4 Å². The molecule has 0 bridgehead atoms. The Morgan fingerprint density at radius 2 is 1.82 bits per heavy atom. The summed E-state index contributed by atoms with van der Waals surface area (Å²) in [5, 5.41) is 14.0. The first-order valence-electron chi connectivity index (χ1n) is 15.6. The lowest BCUT2D eigenvalue weighted by Crippen LogP contribution is -2.45. The van der Waals surface area contributed by atoms with Gasteiger partial charge in [-0.15, -0.1) is 0 Å². The van der Waals surface area contributed by atoms with Crippen LogP contribution in [0.2, 0.25) is 0 Å². The molecule has 5 N–H and O–H groups in total. The summed E-state index contributed by atoms with van der Waals surface area (Å²) in [6.07, 6.45) is 11.4. The van der Waals surface area contributed by atoms with Crippen LogP contribution in [0.25, 0.3) is 21.0 Å². The van der Waals surface area contributed by atoms with Crippen LogP contribution in [0.4, 0.5) is 5.69 Å². The third-order valence-electron chi connectivity index (χ3n) is 7.94. The molecule has 1 aliphatic heterocycles. The molecule has 9 nitrogen and oxygen atoms in total. The van der Waals surface area contributed by atoms with Crippen molar-refractivity contribution in [2.45, 2.75) is 57.9 Å². The van der Waals surface area contributed by atoms with Crippen molar-refractivity contribution in [3.63, 3.8) is 0 Å². The summed E-state index contributed by atoms with van der Waals surface area (Å²) in [4.78, 5) is 49.1. The van der Waals surface area contributed by atoms with Crippen molar-refractivity contribution in [3.8, 4) is 0 Å². The second-order valence-corrected chi connectivity index (χ2v) is 12.4. The summed E-state index contributed by atoms with van der Waals surface area (Å²) in [7, 11) is 0. The maximum absolute atomic E-state index is 12.3. The zero-order valence-electron chi connectivity index (χ0n) is 25.6. The number of rotatable bonds is 10. The molecule has 10 heteroatoms. The van der Waals surface area contributed by atoms with Crippen LogP contribution in [0.5, 0.6) is 0 Å². The third-order valence-corrected chi connectivity index (χ3v) is 8.80. The Bertz CT molecular complexity index is 1640. The van der Waals surface area contributed by atoms with E-state index in [1.807, 2.05) is 66.7 Å². The zero-order valence-corrected chi connectivity index (χ0v) is 26.4. The number of hydrogen-bond acceptors (Lipinski definition) is 6. The lowest BCUT2D eigenvalue weighted by molar-refractivity contribution is -0.138. The van der Waals surface area contributed by atoms with Gasteiger partial charge in [-0.1, -0.05) is 85.7 Å². The fourth-order valence-electron chi connectivity index (χ4n) is 5.33. The van der Waals surface area contributed by atoms with E-state index in [2.05, 4.69) is 29.4 Å². The second kappa shape index (κ2) is 16.6. The molecule has 3 unspecified atom stereocenters. The molecule has 1 aliphatic carbocycles. The van der Waals surface area contributed by atoms with Gasteiger partial charge >= 0.3 is 10.8 Å². The number of unbranched alkanes of at least 4 members (excludes halogenated alkanes) is 3. The summed E-state index contributed by atoms with van der Waals surface area (Å²) in [6.45, 7) is 2.96. The molecule has 238 valence electrons. The molecule has 2 amide bonds. The van der Waals surface area contributed by atoms with Crippen molar-refractivity contribution >= 4 is 55.8 Å². The van der Waals surface area contributed by atoms with Crippen LogP contribution in [0, 0.1) is 11.8 Å². The molecule has 2 heterocycles. The number of aliphatic carboxylic acids is 1. The number of H-pyrrole nitrogens is 1. The van der Waals surface area contributed by atoms with E-state index >= 15 is 0 Å². The number of carbonyl (C=O) groups is 3. The fourth-order valence-corrected chi connectivity index (χ4v) is 6.06. The molecule has 1 saturated heterocycles. The zero-order chi connectivity index (χ0) is 32.2. The number of para-hydroxylation sites is 1. The number of allylic oxidation sites excluding steroid dienone is 2. The van der Waals surface area contributed by atoms with Crippen molar-refractivity contribution in [3.05, 3.63) is 88.5 Å². The van der Waals surface area contributed by atoms with Gasteiger partial charge in [0.05, 0.1) is 22.7 Å². The standard InChI is InChI=1S/C17H19N3O2.C11H18O2.C7H5NOS/c18-17(22)15-6-3-9-20(15)16(21)11-19-14-8-7-12-4-1-2-5-13(12)10-14;1-2-3-4-5-6-7-9-8-10(9)11(12)13;9-7-8-5-3-1-2-4-6(5)10-7/h1-2,4-5,7-8,10,15,19H,3,6,9,11H2,(H2,18,22);6-7,9-10H,2-5,8H2,1H3,(H,12,13);1-4H,(H,8,9)/b;7-6-;. The summed E-state index contributed by atoms with van der Waals surface area (Å²) in [5.41, 5.74) is 7.16. The summed E-state index contributed by atoms with van der Waals surface area (Å²) < 4.78 is 1.02. The molecule has 45 heavy (non-hydrogen) atoms. The number of carbonyl (C=O) groups excluding carboxylic acids is 2. The number of nitrogens with one attached hydrogen (secondary N) is 2. The molecule has 6 rings (SSSR count). The van der Waals surface area contributed by atoms with Gasteiger partial charge < -0.3 is 26.0 Å². The smallest absolute Gasteiger partial charge is 0.307 e. The first-order valence-corrected chi connectivity index (χ1v) is 16.4. The minimum absolute atomic E-state index is 0.0150. The first kappa shape index (κ1) is 33.5. The number of nitrogens with two attached hydrogens (primary N) is 1. The third kappa shape index (κ3) is 10.0. The Balaban J connectivity index is 0.000000169. The van der Waals surface area contributed by atoms with E-state index in [9.17, 15) is 19.2 Å². The number of likely N-dealkylation sites (tertiary alicyclic amines) is 1. The molecular weight excluding hydrogens is 588 g/mol. The van der Waals surface area contributed by atoms with E-state index in [1.54, 1.807) is 4.90 Å². The van der Waals surface area contributed by atoms with Crippen molar-refractivity contribution < 1.29 is 19.5 Å². The van der Waals surface area contributed by atoms with Gasteiger partial charge in [-0.05, 0) is 73.1 Å². The van der Waals surface area contributed by atoms with Gasteiger partial charge in [-0.3, -0.25) is 19.2 Å². The molecule has 1 aromatic heterocycles. The van der Waals surface area contributed by atoms with Gasteiger partial charge in [-0.2, -0.15) is 0 Å². The highest BCUT2D eigenvalue weighted by atomic mass is 32.1. The highest BCUT2D eigenvalue weighted by molar-refractivity contribution is 7.16. The van der Waals surface area contributed by atoms with E-state index in [1.165, 1.54) is 30.6 Å². The van der Waals surface area contributed by atoms with Gasteiger partial charge in [-0.25, -0.2) is 0 Å².